The van der Waals surface area contributed by atoms with Crippen LogP contribution in [-0.4, -0.2) is 21.2 Å². The summed E-state index contributed by atoms with van der Waals surface area (Å²) in [6.45, 7) is 0. The van der Waals surface area contributed by atoms with Crippen LogP contribution < -0.4 is 11.4 Å². The maximum Gasteiger partial charge on any atom is 0.340 e. The molecule has 76 valence electrons. The average molecular weight is 194 g/mol. The molecule has 1 heterocycles. The topological polar surface area (TPSA) is 87.6 Å². The molecule has 2 aliphatic carbocycles. The zero-order valence-electron chi connectivity index (χ0n) is 7.86. The molecule has 3 rings (SSSR count). The van der Waals surface area contributed by atoms with Crippen LogP contribution in [0.5, 0.6) is 0 Å². The lowest BCUT2D eigenvalue weighted by molar-refractivity contribution is 0.355. The Hall–Kier alpha value is -1.10. The summed E-state index contributed by atoms with van der Waals surface area (Å²) in [5, 5.41) is 6.40. The summed E-state index contributed by atoms with van der Waals surface area (Å²) in [6.07, 6.45) is 3.69. The molecule has 5 nitrogen and oxygen atoms in total. The molecule has 2 fully saturated rings. The lowest BCUT2D eigenvalue weighted by Crippen LogP contribution is -2.34. The first-order chi connectivity index (χ1) is 6.75. The number of aromatic nitrogens is 3. The quantitative estimate of drug-likeness (QED) is 0.585. The summed E-state index contributed by atoms with van der Waals surface area (Å²) in [5.41, 5.74) is 5.90. The Balaban J connectivity index is 1.96. The Morgan fingerprint density at radius 1 is 1.36 bits per heavy atom. The fourth-order valence-electron chi connectivity index (χ4n) is 3.18. The van der Waals surface area contributed by atoms with Gasteiger partial charge in [-0.3, -0.25) is 4.98 Å². The van der Waals surface area contributed by atoms with Crippen LogP contribution in [0.15, 0.2) is 4.79 Å². The summed E-state index contributed by atoms with van der Waals surface area (Å²) in [7, 11) is 0. The first kappa shape index (κ1) is 8.23. The second-order valence-corrected chi connectivity index (χ2v) is 4.50. The standard InChI is InChI=1S/C9H14N4O/c10-7-5-2-1-4(3-5)6(7)8-11-9(14)13-12-8/h4-7H,1-3,10H2,(H2,11,12,13,14). The normalized spacial score (nSPS) is 40.6. The highest BCUT2D eigenvalue weighted by atomic mass is 16.1. The number of hydrogen-bond acceptors (Lipinski definition) is 3. The summed E-state index contributed by atoms with van der Waals surface area (Å²) < 4.78 is 0. The van der Waals surface area contributed by atoms with Crippen molar-refractivity contribution < 1.29 is 0 Å². The van der Waals surface area contributed by atoms with Crippen LogP contribution in [0.4, 0.5) is 0 Å². The molecule has 14 heavy (non-hydrogen) atoms. The van der Waals surface area contributed by atoms with Crippen LogP contribution in [-0.2, 0) is 0 Å². The number of rotatable bonds is 1. The molecule has 4 N–H and O–H groups in total. The lowest BCUT2D eigenvalue weighted by Gasteiger charge is -2.25. The molecule has 4 atom stereocenters. The fourth-order valence-corrected chi connectivity index (χ4v) is 3.18. The summed E-state index contributed by atoms with van der Waals surface area (Å²) in [5.74, 6) is 2.31. The van der Waals surface area contributed by atoms with Gasteiger partial charge in [0.05, 0.1) is 0 Å². The van der Waals surface area contributed by atoms with Crippen molar-refractivity contribution in [1.82, 2.24) is 15.2 Å². The molecule has 5 heteroatoms. The summed E-state index contributed by atoms with van der Waals surface area (Å²) >= 11 is 0. The van der Waals surface area contributed by atoms with Gasteiger partial charge in [0, 0.05) is 12.0 Å². The highest BCUT2D eigenvalue weighted by Crippen LogP contribution is 2.51. The number of nitrogens with one attached hydrogen (secondary N) is 2. The molecule has 0 amide bonds. The molecule has 2 bridgehead atoms. The minimum atomic E-state index is -0.227. The summed E-state index contributed by atoms with van der Waals surface area (Å²) in [6, 6.07) is 0.188. The third kappa shape index (κ3) is 0.987. The maximum absolute atomic E-state index is 10.9. The Morgan fingerprint density at radius 2 is 2.14 bits per heavy atom. The molecule has 0 aliphatic heterocycles. The molecule has 0 saturated heterocycles. The van der Waals surface area contributed by atoms with Crippen LogP contribution in [0, 0.1) is 11.8 Å². The van der Waals surface area contributed by atoms with E-state index in [-0.39, 0.29) is 17.6 Å². The van der Waals surface area contributed by atoms with E-state index >= 15 is 0 Å². The van der Waals surface area contributed by atoms with Crippen LogP contribution in [0.3, 0.4) is 0 Å². The van der Waals surface area contributed by atoms with E-state index in [0.29, 0.717) is 11.8 Å². The van der Waals surface area contributed by atoms with Gasteiger partial charge in [-0.05, 0) is 31.1 Å². The van der Waals surface area contributed by atoms with Crippen molar-refractivity contribution in [2.45, 2.75) is 31.2 Å². The van der Waals surface area contributed by atoms with E-state index < -0.39 is 0 Å². The van der Waals surface area contributed by atoms with Crippen LogP contribution in [0.25, 0.3) is 0 Å². The van der Waals surface area contributed by atoms with Crippen molar-refractivity contribution in [1.29, 1.82) is 0 Å². The second kappa shape index (κ2) is 2.70. The smallest absolute Gasteiger partial charge is 0.327 e. The molecule has 0 radical (unpaired) electrons. The van der Waals surface area contributed by atoms with Crippen molar-refractivity contribution in [3.63, 3.8) is 0 Å². The van der Waals surface area contributed by atoms with Crippen molar-refractivity contribution in [2.75, 3.05) is 0 Å². The van der Waals surface area contributed by atoms with E-state index in [4.69, 9.17) is 5.73 Å². The van der Waals surface area contributed by atoms with Crippen LogP contribution >= 0.6 is 0 Å². The molecular weight excluding hydrogens is 180 g/mol. The Labute approximate surface area is 81.1 Å². The molecule has 4 unspecified atom stereocenters. The van der Waals surface area contributed by atoms with Crippen molar-refractivity contribution >= 4 is 0 Å². The van der Waals surface area contributed by atoms with Crippen molar-refractivity contribution in [3.8, 4) is 0 Å². The van der Waals surface area contributed by atoms with Gasteiger partial charge >= 0.3 is 5.69 Å². The Bertz CT molecular complexity index is 394. The Morgan fingerprint density at radius 3 is 2.71 bits per heavy atom. The van der Waals surface area contributed by atoms with E-state index in [9.17, 15) is 4.79 Å². The highest BCUT2D eigenvalue weighted by Gasteiger charge is 2.47. The minimum absolute atomic E-state index is 0.188. The largest absolute Gasteiger partial charge is 0.340 e. The van der Waals surface area contributed by atoms with Gasteiger partial charge in [-0.15, -0.1) is 0 Å². The fraction of sp³-hybridized carbons (Fsp3) is 0.778. The summed E-state index contributed by atoms with van der Waals surface area (Å²) in [4.78, 5) is 13.7. The zero-order chi connectivity index (χ0) is 9.71. The van der Waals surface area contributed by atoms with E-state index in [0.717, 1.165) is 5.82 Å². The maximum atomic E-state index is 10.9. The SMILES string of the molecule is NC1C2CCC(C2)C1c1n[nH]c(=O)[nH]1. The van der Waals surface area contributed by atoms with Gasteiger partial charge in [-0.1, -0.05) is 0 Å². The predicted octanol–water partition coefficient (Wildman–Crippen LogP) is -0.0612. The predicted molar refractivity (Wildman–Crippen MR) is 50.8 cm³/mol. The van der Waals surface area contributed by atoms with Gasteiger partial charge in [0.15, 0.2) is 0 Å². The van der Waals surface area contributed by atoms with Crippen molar-refractivity contribution in [2.24, 2.45) is 17.6 Å². The van der Waals surface area contributed by atoms with Crippen LogP contribution in [0.2, 0.25) is 0 Å². The first-order valence-electron chi connectivity index (χ1n) is 5.16. The van der Waals surface area contributed by atoms with E-state index in [1.807, 2.05) is 0 Å². The molecule has 1 aromatic rings. The number of hydrogen-bond donors (Lipinski definition) is 3. The van der Waals surface area contributed by atoms with Gasteiger partial charge in [-0.25, -0.2) is 9.89 Å². The minimum Gasteiger partial charge on any atom is -0.327 e. The van der Waals surface area contributed by atoms with Gasteiger partial charge in [0.2, 0.25) is 0 Å². The number of H-pyrrole nitrogens is 2. The van der Waals surface area contributed by atoms with Gasteiger partial charge in [-0.2, -0.15) is 5.10 Å². The molecule has 0 spiro atoms. The molecule has 0 aromatic carbocycles. The van der Waals surface area contributed by atoms with E-state index in [1.54, 1.807) is 0 Å². The molecular formula is C9H14N4O. The number of fused-ring (bicyclic) bond motifs is 2. The average Bonchev–Trinajstić information content (AvgIpc) is 2.80. The molecule has 2 aliphatic rings. The first-order valence-corrected chi connectivity index (χ1v) is 5.16. The van der Waals surface area contributed by atoms with Gasteiger partial charge in [0.25, 0.3) is 0 Å². The number of nitrogens with two attached hydrogens (primary N) is 1. The monoisotopic (exact) mass is 194 g/mol. The van der Waals surface area contributed by atoms with Gasteiger partial charge in [0.1, 0.15) is 5.82 Å². The van der Waals surface area contributed by atoms with Gasteiger partial charge < -0.3 is 5.73 Å². The second-order valence-electron chi connectivity index (χ2n) is 4.50. The highest BCUT2D eigenvalue weighted by molar-refractivity contribution is 5.12. The van der Waals surface area contributed by atoms with E-state index in [1.165, 1.54) is 19.3 Å². The van der Waals surface area contributed by atoms with E-state index in [2.05, 4.69) is 15.2 Å². The third-order valence-electron chi connectivity index (χ3n) is 3.82. The third-order valence-corrected chi connectivity index (χ3v) is 3.82. The van der Waals surface area contributed by atoms with Crippen molar-refractivity contribution in [3.05, 3.63) is 16.3 Å². The Kier molecular flexibility index (Phi) is 1.58. The van der Waals surface area contributed by atoms with Crippen LogP contribution in [0.1, 0.15) is 31.0 Å². The zero-order valence-corrected chi connectivity index (χ0v) is 7.86. The molecule has 2 saturated carbocycles. The lowest BCUT2D eigenvalue weighted by atomic mass is 9.84. The molecule has 1 aromatic heterocycles. The number of aromatic amines is 2. The number of nitrogens with zero attached hydrogens (tertiary/aromatic N) is 1.